The third-order valence-electron chi connectivity index (χ3n) is 6.11. The molecule has 4 aliphatic rings. The average Bonchev–Trinajstić information content (AvgIpc) is 2.51. The second-order valence-electron chi connectivity index (χ2n) is 7.71. The highest BCUT2D eigenvalue weighted by Gasteiger charge is 2.53. The van der Waals surface area contributed by atoms with E-state index in [1.54, 1.807) is 30.4 Å². The molecule has 0 aromatic heterocycles. The number of benzene rings is 1. The van der Waals surface area contributed by atoms with Crippen molar-refractivity contribution in [2.45, 2.75) is 38.5 Å². The fourth-order valence-electron chi connectivity index (χ4n) is 5.55. The Morgan fingerprint density at radius 2 is 1.65 bits per heavy atom. The van der Waals surface area contributed by atoms with Gasteiger partial charge < -0.3 is 0 Å². The Labute approximate surface area is 135 Å². The summed E-state index contributed by atoms with van der Waals surface area (Å²) in [6.45, 7) is 0. The van der Waals surface area contributed by atoms with Gasteiger partial charge in [0.2, 0.25) is 0 Å². The molecule has 0 heterocycles. The number of nitrogens with zero attached hydrogens (tertiary/aromatic N) is 1. The fourth-order valence-corrected chi connectivity index (χ4v) is 5.55. The monoisotopic (exact) mass is 311 g/mol. The molecule has 1 aromatic carbocycles. The summed E-state index contributed by atoms with van der Waals surface area (Å²) in [5, 5.41) is 11.1. The van der Waals surface area contributed by atoms with Gasteiger partial charge in [0.15, 0.2) is 5.78 Å². The molecule has 0 N–H and O–H groups in total. The first-order valence-electron chi connectivity index (χ1n) is 8.52. The van der Waals surface area contributed by atoms with Crippen LogP contribution in [0.2, 0.25) is 0 Å². The number of hydrogen-bond donors (Lipinski definition) is 0. The van der Waals surface area contributed by atoms with Crippen LogP contribution in [0, 0.1) is 33.3 Å². The molecular formula is C19H21NO3. The lowest BCUT2D eigenvalue weighted by Crippen LogP contribution is -2.49. The summed E-state index contributed by atoms with van der Waals surface area (Å²) < 4.78 is 0. The Bertz CT molecular complexity index is 656. The van der Waals surface area contributed by atoms with Gasteiger partial charge in [-0.25, -0.2) is 0 Å². The third kappa shape index (κ3) is 2.50. The van der Waals surface area contributed by atoms with Crippen LogP contribution in [0.4, 0.5) is 5.69 Å². The summed E-state index contributed by atoms with van der Waals surface area (Å²) in [7, 11) is 0. The molecular weight excluding hydrogens is 290 g/mol. The molecule has 4 nitrogen and oxygen atoms in total. The van der Waals surface area contributed by atoms with E-state index in [0.717, 1.165) is 37.0 Å². The van der Waals surface area contributed by atoms with Crippen LogP contribution >= 0.6 is 0 Å². The summed E-state index contributed by atoms with van der Waals surface area (Å²) in [5.41, 5.74) is 0.395. The third-order valence-corrected chi connectivity index (χ3v) is 6.11. The number of ketones is 1. The molecule has 0 amide bonds. The van der Waals surface area contributed by atoms with E-state index in [0.29, 0.717) is 5.56 Å². The highest BCUT2D eigenvalue weighted by molar-refractivity contribution is 5.98. The molecule has 0 aliphatic heterocycles. The maximum Gasteiger partial charge on any atom is 0.276 e. The van der Waals surface area contributed by atoms with Crippen molar-refractivity contribution in [3.63, 3.8) is 0 Å². The van der Waals surface area contributed by atoms with E-state index in [1.165, 1.54) is 25.3 Å². The molecule has 0 atom stereocenters. The Morgan fingerprint density at radius 1 is 1.09 bits per heavy atom. The SMILES string of the molecule is O=C(/C=C/c1ccccc1[N+](=O)[O-])C12CC3CC(CC(C3)C1)C2. The van der Waals surface area contributed by atoms with Gasteiger partial charge in [-0.1, -0.05) is 12.1 Å². The summed E-state index contributed by atoms with van der Waals surface area (Å²) in [6, 6.07) is 6.59. The Morgan fingerprint density at radius 3 is 2.22 bits per heavy atom. The summed E-state index contributed by atoms with van der Waals surface area (Å²) in [6.07, 6.45) is 10.2. The van der Waals surface area contributed by atoms with E-state index in [2.05, 4.69) is 0 Å². The first-order chi connectivity index (χ1) is 11.1. The lowest BCUT2D eigenvalue weighted by atomic mass is 9.48. The molecule has 4 aliphatic carbocycles. The van der Waals surface area contributed by atoms with Gasteiger partial charge in [0, 0.05) is 11.5 Å². The molecule has 1 aromatic rings. The molecule has 0 radical (unpaired) electrons. The Hall–Kier alpha value is -1.97. The van der Waals surface area contributed by atoms with Crippen molar-refractivity contribution in [2.24, 2.45) is 23.2 Å². The Balaban J connectivity index is 1.58. The first kappa shape index (κ1) is 14.6. The van der Waals surface area contributed by atoms with Gasteiger partial charge in [0.25, 0.3) is 5.69 Å². The molecule has 5 rings (SSSR count). The van der Waals surface area contributed by atoms with Crippen LogP contribution in [0.3, 0.4) is 0 Å². The van der Waals surface area contributed by atoms with E-state index in [4.69, 9.17) is 0 Å². The predicted molar refractivity (Wildman–Crippen MR) is 87.7 cm³/mol. The zero-order chi connectivity index (χ0) is 16.0. The zero-order valence-electron chi connectivity index (χ0n) is 13.1. The number of carbonyl (C=O) groups is 1. The van der Waals surface area contributed by atoms with Gasteiger partial charge in [-0.3, -0.25) is 14.9 Å². The van der Waals surface area contributed by atoms with Crippen LogP contribution in [0.15, 0.2) is 30.3 Å². The number of rotatable bonds is 4. The number of hydrogen-bond acceptors (Lipinski definition) is 3. The highest BCUT2D eigenvalue weighted by Crippen LogP contribution is 2.60. The van der Waals surface area contributed by atoms with Crippen LogP contribution in [0.1, 0.15) is 44.1 Å². The maximum atomic E-state index is 12.9. The van der Waals surface area contributed by atoms with Crippen LogP contribution in [0.5, 0.6) is 0 Å². The number of nitro groups is 1. The minimum absolute atomic E-state index is 0.0575. The van der Waals surface area contributed by atoms with Crippen LogP contribution in [-0.2, 0) is 4.79 Å². The smallest absolute Gasteiger partial charge is 0.276 e. The van der Waals surface area contributed by atoms with Crippen molar-refractivity contribution in [3.05, 3.63) is 46.0 Å². The number of nitro benzene ring substituents is 1. The minimum Gasteiger partial charge on any atom is -0.294 e. The second kappa shape index (κ2) is 5.29. The van der Waals surface area contributed by atoms with E-state index < -0.39 is 4.92 Å². The number of allylic oxidation sites excluding steroid dienone is 1. The van der Waals surface area contributed by atoms with Crippen LogP contribution < -0.4 is 0 Å². The largest absolute Gasteiger partial charge is 0.294 e. The standard InChI is InChI=1S/C19H21NO3/c21-18(6-5-16-3-1-2-4-17(16)20(22)23)19-10-13-7-14(11-19)9-15(8-13)12-19/h1-6,13-15H,7-12H2/b6-5+. The number of para-hydroxylation sites is 1. The summed E-state index contributed by atoms with van der Waals surface area (Å²) >= 11 is 0. The van der Waals surface area contributed by atoms with Crippen molar-refractivity contribution >= 4 is 17.5 Å². The molecule has 4 heteroatoms. The number of carbonyl (C=O) groups excluding carboxylic acids is 1. The minimum atomic E-state index is -0.394. The zero-order valence-corrected chi connectivity index (χ0v) is 13.1. The molecule has 0 spiro atoms. The summed E-state index contributed by atoms with van der Waals surface area (Å²) in [4.78, 5) is 23.6. The topological polar surface area (TPSA) is 60.2 Å². The molecule has 4 saturated carbocycles. The van der Waals surface area contributed by atoms with Gasteiger partial charge in [-0.2, -0.15) is 0 Å². The molecule has 0 saturated heterocycles. The normalized spacial score (nSPS) is 34.9. The Kier molecular flexibility index (Phi) is 3.36. The van der Waals surface area contributed by atoms with E-state index in [9.17, 15) is 14.9 Å². The van der Waals surface area contributed by atoms with Gasteiger partial charge in [-0.15, -0.1) is 0 Å². The van der Waals surface area contributed by atoms with Crippen molar-refractivity contribution in [3.8, 4) is 0 Å². The van der Waals surface area contributed by atoms with Crippen molar-refractivity contribution in [2.75, 3.05) is 0 Å². The molecule has 4 fully saturated rings. The summed E-state index contributed by atoms with van der Waals surface area (Å²) in [5.74, 6) is 2.37. The van der Waals surface area contributed by atoms with Crippen molar-refractivity contribution in [1.82, 2.24) is 0 Å². The van der Waals surface area contributed by atoms with Gasteiger partial charge >= 0.3 is 0 Å². The van der Waals surface area contributed by atoms with Gasteiger partial charge in [0.1, 0.15) is 0 Å². The molecule has 0 unspecified atom stereocenters. The average molecular weight is 311 g/mol. The molecule has 23 heavy (non-hydrogen) atoms. The molecule has 120 valence electrons. The fraction of sp³-hybridized carbons (Fsp3) is 0.526. The van der Waals surface area contributed by atoms with Gasteiger partial charge in [0.05, 0.1) is 10.5 Å². The quantitative estimate of drug-likeness (QED) is 0.470. The van der Waals surface area contributed by atoms with Crippen LogP contribution in [-0.4, -0.2) is 10.7 Å². The van der Waals surface area contributed by atoms with Gasteiger partial charge in [-0.05, 0) is 74.5 Å². The lowest BCUT2D eigenvalue weighted by molar-refractivity contribution is -0.385. The predicted octanol–water partition coefficient (Wildman–Crippen LogP) is 4.39. The van der Waals surface area contributed by atoms with Crippen molar-refractivity contribution < 1.29 is 9.72 Å². The lowest BCUT2D eigenvalue weighted by Gasteiger charge is -2.55. The molecule has 4 bridgehead atoms. The second-order valence-corrected chi connectivity index (χ2v) is 7.71. The first-order valence-corrected chi connectivity index (χ1v) is 8.52. The highest BCUT2D eigenvalue weighted by atomic mass is 16.6. The van der Waals surface area contributed by atoms with E-state index >= 15 is 0 Å². The van der Waals surface area contributed by atoms with E-state index in [-0.39, 0.29) is 16.9 Å². The van der Waals surface area contributed by atoms with Crippen molar-refractivity contribution in [1.29, 1.82) is 0 Å². The maximum absolute atomic E-state index is 12.9. The van der Waals surface area contributed by atoms with Crippen LogP contribution in [0.25, 0.3) is 6.08 Å². The van der Waals surface area contributed by atoms with E-state index in [1.807, 2.05) is 0 Å².